The fourth-order valence-electron chi connectivity index (χ4n) is 2.46. The second-order valence-corrected chi connectivity index (χ2v) is 5.51. The van der Waals surface area contributed by atoms with Gasteiger partial charge in [0.25, 0.3) is 0 Å². The number of hydrogen-bond donors (Lipinski definition) is 3. The van der Waals surface area contributed by atoms with Crippen molar-refractivity contribution in [3.8, 4) is 0 Å². The molecule has 19 heavy (non-hydrogen) atoms. The molecule has 0 saturated heterocycles. The maximum absolute atomic E-state index is 11.7. The molecule has 0 aromatic rings. The highest BCUT2D eigenvalue weighted by atomic mass is 16.4. The second kappa shape index (κ2) is 6.78. The molecule has 1 fully saturated rings. The topological polar surface area (TPSA) is 78.4 Å². The number of urea groups is 1. The third kappa shape index (κ3) is 4.11. The molecule has 2 unspecified atom stereocenters. The van der Waals surface area contributed by atoms with Crippen molar-refractivity contribution in [1.82, 2.24) is 10.6 Å². The highest BCUT2D eigenvalue weighted by Gasteiger charge is 2.38. The molecule has 0 aromatic heterocycles. The van der Waals surface area contributed by atoms with E-state index < -0.39 is 11.4 Å². The van der Waals surface area contributed by atoms with Crippen LogP contribution in [0.2, 0.25) is 0 Å². The average molecular weight is 270 g/mol. The highest BCUT2D eigenvalue weighted by molar-refractivity contribution is 5.78. The number of aliphatic carboxylic acids is 1. The largest absolute Gasteiger partial charge is 0.481 e. The van der Waals surface area contributed by atoms with Gasteiger partial charge in [-0.25, -0.2) is 4.79 Å². The molecule has 1 rings (SSSR count). The van der Waals surface area contributed by atoms with Crippen LogP contribution in [0.25, 0.3) is 0 Å². The maximum atomic E-state index is 11.7. The first-order chi connectivity index (χ1) is 8.99. The summed E-state index contributed by atoms with van der Waals surface area (Å²) in [4.78, 5) is 23.0. The van der Waals surface area contributed by atoms with Crippen molar-refractivity contribution in [2.45, 2.75) is 58.9 Å². The minimum absolute atomic E-state index is 0.187. The van der Waals surface area contributed by atoms with Crippen LogP contribution in [0.3, 0.4) is 0 Å². The zero-order valence-electron chi connectivity index (χ0n) is 12.2. The van der Waals surface area contributed by atoms with Crippen LogP contribution in [0, 0.1) is 11.3 Å². The van der Waals surface area contributed by atoms with Gasteiger partial charge in [0.2, 0.25) is 0 Å². The molecule has 1 aliphatic carbocycles. The van der Waals surface area contributed by atoms with E-state index in [9.17, 15) is 14.7 Å². The number of rotatable bonds is 8. The molecule has 1 aliphatic rings. The van der Waals surface area contributed by atoms with Crippen LogP contribution in [0.1, 0.15) is 52.9 Å². The smallest absolute Gasteiger partial charge is 0.315 e. The third-order valence-corrected chi connectivity index (χ3v) is 4.29. The Kier molecular flexibility index (Phi) is 5.63. The molecular weight excluding hydrogens is 244 g/mol. The SMILES string of the molecule is CCCC1CC1NC(=O)NCC(CC)(CC)C(=O)O. The summed E-state index contributed by atoms with van der Waals surface area (Å²) in [6.07, 6.45) is 4.36. The molecule has 0 aromatic carbocycles. The lowest BCUT2D eigenvalue weighted by Crippen LogP contribution is -2.46. The normalized spacial score (nSPS) is 21.8. The minimum atomic E-state index is -0.844. The first kappa shape index (κ1) is 15.8. The van der Waals surface area contributed by atoms with Gasteiger partial charge in [-0.05, 0) is 31.6 Å². The molecule has 5 heteroatoms. The molecule has 0 aliphatic heterocycles. The van der Waals surface area contributed by atoms with Crippen molar-refractivity contribution in [1.29, 1.82) is 0 Å². The van der Waals surface area contributed by atoms with Crippen molar-refractivity contribution in [2.75, 3.05) is 6.54 Å². The molecule has 0 spiro atoms. The zero-order valence-corrected chi connectivity index (χ0v) is 12.2. The molecular formula is C14H26N2O3. The first-order valence-electron chi connectivity index (χ1n) is 7.26. The van der Waals surface area contributed by atoms with Gasteiger partial charge in [0.15, 0.2) is 0 Å². The van der Waals surface area contributed by atoms with Crippen LogP contribution in [0.15, 0.2) is 0 Å². The Hall–Kier alpha value is -1.26. The van der Waals surface area contributed by atoms with Crippen molar-refractivity contribution >= 4 is 12.0 Å². The summed E-state index contributed by atoms with van der Waals surface area (Å²) in [6.45, 7) is 6.01. The van der Waals surface area contributed by atoms with E-state index in [-0.39, 0.29) is 18.6 Å². The van der Waals surface area contributed by atoms with Crippen LogP contribution < -0.4 is 10.6 Å². The molecule has 0 radical (unpaired) electrons. The number of nitrogens with one attached hydrogen (secondary N) is 2. The van der Waals surface area contributed by atoms with E-state index >= 15 is 0 Å². The summed E-state index contributed by atoms with van der Waals surface area (Å²) in [5.74, 6) is -0.231. The van der Waals surface area contributed by atoms with E-state index in [1.807, 2.05) is 13.8 Å². The van der Waals surface area contributed by atoms with Gasteiger partial charge in [-0.3, -0.25) is 4.79 Å². The number of carbonyl (C=O) groups excluding carboxylic acids is 1. The summed E-state index contributed by atoms with van der Waals surface area (Å²) in [5.41, 5.74) is -0.844. The molecule has 110 valence electrons. The van der Waals surface area contributed by atoms with Gasteiger partial charge in [0.05, 0.1) is 5.41 Å². The Morgan fingerprint density at radius 2 is 1.89 bits per heavy atom. The van der Waals surface area contributed by atoms with Gasteiger partial charge in [-0.15, -0.1) is 0 Å². The van der Waals surface area contributed by atoms with E-state index in [4.69, 9.17) is 0 Å². The van der Waals surface area contributed by atoms with Crippen LogP contribution >= 0.6 is 0 Å². The third-order valence-electron chi connectivity index (χ3n) is 4.29. The van der Waals surface area contributed by atoms with Crippen LogP contribution in [-0.2, 0) is 4.79 Å². The van der Waals surface area contributed by atoms with Gasteiger partial charge >= 0.3 is 12.0 Å². The number of carbonyl (C=O) groups is 2. The van der Waals surface area contributed by atoms with Crippen molar-refractivity contribution < 1.29 is 14.7 Å². The van der Waals surface area contributed by atoms with Gasteiger partial charge in [-0.1, -0.05) is 27.2 Å². The summed E-state index contributed by atoms with van der Waals surface area (Å²) in [7, 11) is 0. The predicted molar refractivity (Wildman–Crippen MR) is 74.0 cm³/mol. The minimum Gasteiger partial charge on any atom is -0.481 e. The monoisotopic (exact) mass is 270 g/mol. The fraction of sp³-hybridized carbons (Fsp3) is 0.857. The average Bonchev–Trinajstić information content (AvgIpc) is 3.09. The van der Waals surface area contributed by atoms with E-state index in [0.29, 0.717) is 18.8 Å². The Bertz CT molecular complexity index is 327. The first-order valence-corrected chi connectivity index (χ1v) is 7.26. The Labute approximate surface area is 115 Å². The predicted octanol–water partition coefficient (Wildman–Crippen LogP) is 2.37. The molecule has 1 saturated carbocycles. The van der Waals surface area contributed by atoms with Crippen molar-refractivity contribution in [2.24, 2.45) is 11.3 Å². The highest BCUT2D eigenvalue weighted by Crippen LogP contribution is 2.34. The number of carboxylic acids is 1. The van der Waals surface area contributed by atoms with Gasteiger partial charge in [0.1, 0.15) is 0 Å². The quantitative estimate of drug-likeness (QED) is 0.633. The number of carboxylic acid groups (broad SMARTS) is 1. The van der Waals surface area contributed by atoms with Crippen LogP contribution in [0.4, 0.5) is 4.79 Å². The standard InChI is InChI=1S/C14H26N2O3/c1-4-7-10-8-11(10)16-13(19)15-9-14(5-2,6-3)12(17)18/h10-11H,4-9H2,1-3H3,(H,17,18)(H2,15,16,19). The number of amides is 2. The summed E-state index contributed by atoms with van der Waals surface area (Å²) < 4.78 is 0. The molecule has 2 amide bonds. The lowest BCUT2D eigenvalue weighted by molar-refractivity contribution is -0.149. The second-order valence-electron chi connectivity index (χ2n) is 5.51. The van der Waals surface area contributed by atoms with E-state index in [0.717, 1.165) is 19.3 Å². The summed E-state index contributed by atoms with van der Waals surface area (Å²) in [5, 5.41) is 14.9. The zero-order chi connectivity index (χ0) is 14.5. The Morgan fingerprint density at radius 1 is 1.26 bits per heavy atom. The van der Waals surface area contributed by atoms with Gasteiger partial charge in [0, 0.05) is 12.6 Å². The van der Waals surface area contributed by atoms with E-state index in [1.54, 1.807) is 0 Å². The lowest BCUT2D eigenvalue weighted by atomic mass is 9.82. The van der Waals surface area contributed by atoms with Crippen LogP contribution in [0.5, 0.6) is 0 Å². The van der Waals surface area contributed by atoms with E-state index in [2.05, 4.69) is 17.6 Å². The molecule has 0 bridgehead atoms. The maximum Gasteiger partial charge on any atom is 0.315 e. The Morgan fingerprint density at radius 3 is 2.37 bits per heavy atom. The molecule has 0 heterocycles. The van der Waals surface area contributed by atoms with Gasteiger partial charge < -0.3 is 15.7 Å². The van der Waals surface area contributed by atoms with Gasteiger partial charge in [-0.2, -0.15) is 0 Å². The molecule has 3 N–H and O–H groups in total. The molecule has 5 nitrogen and oxygen atoms in total. The van der Waals surface area contributed by atoms with Crippen LogP contribution in [-0.4, -0.2) is 29.7 Å². The van der Waals surface area contributed by atoms with Crippen molar-refractivity contribution in [3.63, 3.8) is 0 Å². The summed E-state index contributed by atoms with van der Waals surface area (Å²) in [6, 6.07) is 0.0403. The molecule has 2 atom stereocenters. The fourth-order valence-corrected chi connectivity index (χ4v) is 2.46. The van der Waals surface area contributed by atoms with Crippen molar-refractivity contribution in [3.05, 3.63) is 0 Å². The van der Waals surface area contributed by atoms with E-state index in [1.165, 1.54) is 0 Å². The summed E-state index contributed by atoms with van der Waals surface area (Å²) >= 11 is 0. The number of hydrogen-bond acceptors (Lipinski definition) is 2. The lowest BCUT2D eigenvalue weighted by Gasteiger charge is -2.26. The Balaban J connectivity index is 2.35.